The second-order valence-corrected chi connectivity index (χ2v) is 4.76. The molecule has 92 valence electrons. The molecule has 1 saturated heterocycles. The minimum absolute atomic E-state index is 0.0175. The Morgan fingerprint density at radius 1 is 1.44 bits per heavy atom. The largest absolute Gasteiger partial charge is 0.378 e. The van der Waals surface area contributed by atoms with Gasteiger partial charge in [-0.25, -0.2) is 0 Å². The molecule has 0 aromatic rings. The highest BCUT2D eigenvalue weighted by Crippen LogP contribution is 2.32. The molecule has 4 nitrogen and oxygen atoms in total. The van der Waals surface area contributed by atoms with E-state index in [9.17, 15) is 4.79 Å². The minimum atomic E-state index is -0.0175. The van der Waals surface area contributed by atoms with E-state index in [-0.39, 0.29) is 18.1 Å². The van der Waals surface area contributed by atoms with Crippen molar-refractivity contribution in [1.82, 2.24) is 10.2 Å². The first kappa shape index (κ1) is 11.9. The number of carbonyl (C=O) groups is 1. The summed E-state index contributed by atoms with van der Waals surface area (Å²) in [4.78, 5) is 14.0. The Hall–Kier alpha value is -0.610. The molecule has 0 radical (unpaired) electrons. The number of hydrogen-bond donors (Lipinski definition) is 1. The van der Waals surface area contributed by atoms with E-state index >= 15 is 0 Å². The van der Waals surface area contributed by atoms with Gasteiger partial charge in [0.25, 0.3) is 0 Å². The average molecular weight is 226 g/mol. The van der Waals surface area contributed by atoms with Crippen molar-refractivity contribution in [3.63, 3.8) is 0 Å². The van der Waals surface area contributed by atoms with Gasteiger partial charge in [-0.3, -0.25) is 10.1 Å². The quantitative estimate of drug-likeness (QED) is 0.781. The molecule has 1 amide bonds. The molecule has 4 heteroatoms. The SMILES string of the molecule is CCOC1CC(N2C(=O)C(C)NC2CC)C1. The standard InChI is InChI=1S/C12H22N2O2/c1-4-11-13-8(3)12(15)14(11)9-6-10(7-9)16-5-2/h8-11,13H,4-7H2,1-3H3. The van der Waals surface area contributed by atoms with Crippen LogP contribution in [0.15, 0.2) is 0 Å². The molecule has 0 aromatic heterocycles. The van der Waals surface area contributed by atoms with Crippen LogP contribution in [0.25, 0.3) is 0 Å². The molecule has 0 bridgehead atoms. The molecule has 1 heterocycles. The predicted octanol–water partition coefficient (Wildman–Crippen LogP) is 1.11. The van der Waals surface area contributed by atoms with Gasteiger partial charge >= 0.3 is 0 Å². The van der Waals surface area contributed by atoms with Crippen molar-refractivity contribution in [2.45, 2.75) is 64.4 Å². The first-order valence-corrected chi connectivity index (χ1v) is 6.37. The van der Waals surface area contributed by atoms with Crippen LogP contribution in [-0.2, 0) is 9.53 Å². The molecule has 2 unspecified atom stereocenters. The molecule has 1 aliphatic carbocycles. The monoisotopic (exact) mass is 226 g/mol. The second-order valence-electron chi connectivity index (χ2n) is 4.76. The average Bonchev–Trinajstić information content (AvgIpc) is 2.49. The zero-order valence-corrected chi connectivity index (χ0v) is 10.4. The number of carbonyl (C=O) groups excluding carboxylic acids is 1. The fourth-order valence-electron chi connectivity index (χ4n) is 2.70. The van der Waals surface area contributed by atoms with Gasteiger partial charge in [0.05, 0.1) is 18.3 Å². The molecule has 1 aliphatic heterocycles. The van der Waals surface area contributed by atoms with Crippen LogP contribution in [0.3, 0.4) is 0 Å². The summed E-state index contributed by atoms with van der Waals surface area (Å²) in [7, 11) is 0. The van der Waals surface area contributed by atoms with E-state index in [1.807, 2.05) is 18.7 Å². The molecule has 2 atom stereocenters. The summed E-state index contributed by atoms with van der Waals surface area (Å²) in [6.07, 6.45) is 3.59. The van der Waals surface area contributed by atoms with Crippen LogP contribution >= 0.6 is 0 Å². The van der Waals surface area contributed by atoms with Crippen LogP contribution < -0.4 is 5.32 Å². The van der Waals surface area contributed by atoms with Crippen LogP contribution in [0, 0.1) is 0 Å². The van der Waals surface area contributed by atoms with Crippen molar-refractivity contribution < 1.29 is 9.53 Å². The van der Waals surface area contributed by atoms with E-state index in [1.54, 1.807) is 0 Å². The van der Waals surface area contributed by atoms with Crippen molar-refractivity contribution >= 4 is 5.91 Å². The van der Waals surface area contributed by atoms with Crippen LogP contribution in [0.4, 0.5) is 0 Å². The van der Waals surface area contributed by atoms with Crippen molar-refractivity contribution in [1.29, 1.82) is 0 Å². The Kier molecular flexibility index (Phi) is 3.50. The van der Waals surface area contributed by atoms with E-state index in [4.69, 9.17) is 4.74 Å². The topological polar surface area (TPSA) is 41.6 Å². The number of amides is 1. The Morgan fingerprint density at radius 3 is 2.69 bits per heavy atom. The Balaban J connectivity index is 1.91. The zero-order chi connectivity index (χ0) is 11.7. The predicted molar refractivity (Wildman–Crippen MR) is 62.0 cm³/mol. The first-order valence-electron chi connectivity index (χ1n) is 6.37. The summed E-state index contributed by atoms with van der Waals surface area (Å²) in [5.74, 6) is 0.256. The molecular weight excluding hydrogens is 204 g/mol. The summed E-state index contributed by atoms with van der Waals surface area (Å²) in [5.41, 5.74) is 0. The Morgan fingerprint density at radius 2 is 2.12 bits per heavy atom. The van der Waals surface area contributed by atoms with Gasteiger partial charge in [0.1, 0.15) is 0 Å². The van der Waals surface area contributed by atoms with Crippen molar-refractivity contribution in [2.24, 2.45) is 0 Å². The van der Waals surface area contributed by atoms with Gasteiger partial charge in [-0.1, -0.05) is 6.92 Å². The fraction of sp³-hybridized carbons (Fsp3) is 0.917. The summed E-state index contributed by atoms with van der Waals surface area (Å²) in [6.45, 7) is 6.86. The summed E-state index contributed by atoms with van der Waals surface area (Å²) in [6, 6.07) is 0.377. The third-order valence-electron chi connectivity index (χ3n) is 3.66. The highest BCUT2D eigenvalue weighted by molar-refractivity contribution is 5.84. The lowest BCUT2D eigenvalue weighted by molar-refractivity contribution is -0.138. The molecule has 2 fully saturated rings. The number of nitrogens with zero attached hydrogens (tertiary/aromatic N) is 1. The number of nitrogens with one attached hydrogen (secondary N) is 1. The third-order valence-corrected chi connectivity index (χ3v) is 3.66. The molecular formula is C12H22N2O2. The minimum Gasteiger partial charge on any atom is -0.378 e. The van der Waals surface area contributed by atoms with Gasteiger partial charge < -0.3 is 9.64 Å². The maximum Gasteiger partial charge on any atom is 0.240 e. The van der Waals surface area contributed by atoms with Gasteiger partial charge in [-0.15, -0.1) is 0 Å². The van der Waals surface area contributed by atoms with Crippen LogP contribution in [0.2, 0.25) is 0 Å². The number of ether oxygens (including phenoxy) is 1. The molecule has 2 rings (SSSR count). The van der Waals surface area contributed by atoms with E-state index < -0.39 is 0 Å². The van der Waals surface area contributed by atoms with Gasteiger partial charge in [-0.05, 0) is 33.1 Å². The van der Waals surface area contributed by atoms with E-state index in [0.717, 1.165) is 25.9 Å². The highest BCUT2D eigenvalue weighted by atomic mass is 16.5. The molecule has 1 N–H and O–H groups in total. The van der Waals surface area contributed by atoms with E-state index in [2.05, 4.69) is 12.2 Å². The van der Waals surface area contributed by atoms with Crippen molar-refractivity contribution in [2.75, 3.05) is 6.61 Å². The molecule has 1 saturated carbocycles. The zero-order valence-electron chi connectivity index (χ0n) is 10.4. The lowest BCUT2D eigenvalue weighted by Crippen LogP contribution is -2.53. The van der Waals surface area contributed by atoms with Crippen LogP contribution in [0.1, 0.15) is 40.0 Å². The molecule has 0 aromatic carbocycles. The number of hydrogen-bond acceptors (Lipinski definition) is 3. The van der Waals surface area contributed by atoms with Gasteiger partial charge in [0, 0.05) is 12.6 Å². The van der Waals surface area contributed by atoms with E-state index in [1.165, 1.54) is 0 Å². The number of rotatable bonds is 4. The van der Waals surface area contributed by atoms with Crippen LogP contribution in [0.5, 0.6) is 0 Å². The maximum absolute atomic E-state index is 12.0. The summed E-state index contributed by atoms with van der Waals surface area (Å²) >= 11 is 0. The van der Waals surface area contributed by atoms with Gasteiger partial charge in [0.2, 0.25) is 5.91 Å². The summed E-state index contributed by atoms with van der Waals surface area (Å²) < 4.78 is 5.54. The van der Waals surface area contributed by atoms with Gasteiger partial charge in [-0.2, -0.15) is 0 Å². The normalized spacial score (nSPS) is 38.9. The van der Waals surface area contributed by atoms with Gasteiger partial charge in [0.15, 0.2) is 0 Å². The lowest BCUT2D eigenvalue weighted by atomic mass is 9.87. The lowest BCUT2D eigenvalue weighted by Gasteiger charge is -2.42. The smallest absolute Gasteiger partial charge is 0.240 e. The molecule has 16 heavy (non-hydrogen) atoms. The van der Waals surface area contributed by atoms with Crippen molar-refractivity contribution in [3.8, 4) is 0 Å². The Labute approximate surface area is 97.3 Å². The third kappa shape index (κ3) is 1.96. The van der Waals surface area contributed by atoms with Crippen LogP contribution in [-0.4, -0.2) is 41.8 Å². The highest BCUT2D eigenvalue weighted by Gasteiger charge is 2.44. The second kappa shape index (κ2) is 4.72. The first-order chi connectivity index (χ1) is 7.67. The van der Waals surface area contributed by atoms with Crippen molar-refractivity contribution in [3.05, 3.63) is 0 Å². The molecule has 0 spiro atoms. The summed E-state index contributed by atoms with van der Waals surface area (Å²) in [5, 5.41) is 3.33. The van der Waals surface area contributed by atoms with E-state index in [0.29, 0.717) is 12.1 Å². The molecule has 2 aliphatic rings. The maximum atomic E-state index is 12.0. The fourth-order valence-corrected chi connectivity index (χ4v) is 2.70. The Bertz CT molecular complexity index is 264.